The number of hydrogen-bond donors (Lipinski definition) is 1. The van der Waals surface area contributed by atoms with Crippen molar-refractivity contribution >= 4 is 0 Å². The van der Waals surface area contributed by atoms with Gasteiger partial charge in [-0.2, -0.15) is 0 Å². The van der Waals surface area contributed by atoms with E-state index in [1.807, 2.05) is 0 Å². The zero-order valence-corrected chi connectivity index (χ0v) is 11.2. The SMILES string of the molecule is COCOC[C@H]1[C@H](O)C[C@H](C)C(C)(C)[C@@H]1C. The highest BCUT2D eigenvalue weighted by atomic mass is 16.7. The molecule has 0 saturated heterocycles. The standard InChI is InChI=1S/C13H26O3/c1-9-6-12(14)11(7-16-8-15-5)10(2)13(9,3)4/h9-12,14H,6-8H2,1-5H3/t9-,10+,11+,12+/m0/s1. The van der Waals surface area contributed by atoms with Crippen molar-refractivity contribution in [2.75, 3.05) is 20.5 Å². The van der Waals surface area contributed by atoms with Gasteiger partial charge in [-0.05, 0) is 23.7 Å². The smallest absolute Gasteiger partial charge is 0.146 e. The van der Waals surface area contributed by atoms with Gasteiger partial charge in [-0.25, -0.2) is 0 Å². The second kappa shape index (κ2) is 5.48. The van der Waals surface area contributed by atoms with Gasteiger partial charge in [-0.15, -0.1) is 0 Å². The van der Waals surface area contributed by atoms with Crippen molar-refractivity contribution in [3.8, 4) is 0 Å². The molecule has 0 amide bonds. The predicted octanol–water partition coefficient (Wildman–Crippen LogP) is 2.29. The molecule has 1 fully saturated rings. The van der Waals surface area contributed by atoms with E-state index in [0.717, 1.165) is 6.42 Å². The monoisotopic (exact) mass is 230 g/mol. The molecule has 96 valence electrons. The molecular formula is C13H26O3. The second-order valence-corrected chi connectivity index (χ2v) is 5.76. The molecule has 1 saturated carbocycles. The first kappa shape index (κ1) is 13.9. The average Bonchev–Trinajstić information content (AvgIpc) is 2.21. The van der Waals surface area contributed by atoms with Crippen LogP contribution >= 0.6 is 0 Å². The molecule has 0 spiro atoms. The lowest BCUT2D eigenvalue weighted by molar-refractivity contribution is -0.116. The highest BCUT2D eigenvalue weighted by Gasteiger charge is 2.44. The minimum Gasteiger partial charge on any atom is -0.393 e. The molecule has 1 aliphatic rings. The van der Waals surface area contributed by atoms with Crippen LogP contribution in [0.5, 0.6) is 0 Å². The Kier molecular flexibility index (Phi) is 4.77. The maximum Gasteiger partial charge on any atom is 0.146 e. The van der Waals surface area contributed by atoms with Crippen LogP contribution in [0.2, 0.25) is 0 Å². The Balaban J connectivity index is 2.61. The normalized spacial score (nSPS) is 38.6. The first-order valence-electron chi connectivity index (χ1n) is 6.16. The van der Waals surface area contributed by atoms with Crippen molar-refractivity contribution in [3.63, 3.8) is 0 Å². The highest BCUT2D eigenvalue weighted by molar-refractivity contribution is 4.93. The van der Waals surface area contributed by atoms with Crippen molar-refractivity contribution in [1.82, 2.24) is 0 Å². The van der Waals surface area contributed by atoms with Gasteiger partial charge in [0.1, 0.15) is 6.79 Å². The summed E-state index contributed by atoms with van der Waals surface area (Å²) in [6.45, 7) is 9.93. The summed E-state index contributed by atoms with van der Waals surface area (Å²) in [7, 11) is 1.62. The zero-order chi connectivity index (χ0) is 12.3. The summed E-state index contributed by atoms with van der Waals surface area (Å²) in [6.07, 6.45) is 0.633. The third-order valence-corrected chi connectivity index (χ3v) is 4.69. The fraction of sp³-hybridized carbons (Fsp3) is 1.00. The molecule has 0 bridgehead atoms. The van der Waals surface area contributed by atoms with Gasteiger partial charge in [0.05, 0.1) is 12.7 Å². The first-order chi connectivity index (χ1) is 7.41. The van der Waals surface area contributed by atoms with Gasteiger partial charge in [0, 0.05) is 13.0 Å². The van der Waals surface area contributed by atoms with Crippen molar-refractivity contribution < 1.29 is 14.6 Å². The number of ether oxygens (including phenoxy) is 2. The van der Waals surface area contributed by atoms with E-state index < -0.39 is 0 Å². The third-order valence-electron chi connectivity index (χ3n) is 4.69. The molecule has 0 aromatic rings. The van der Waals surface area contributed by atoms with Crippen LogP contribution in [0.4, 0.5) is 0 Å². The minimum absolute atomic E-state index is 0.223. The van der Waals surface area contributed by atoms with E-state index in [2.05, 4.69) is 27.7 Å². The maximum absolute atomic E-state index is 10.1. The average molecular weight is 230 g/mol. The summed E-state index contributed by atoms with van der Waals surface area (Å²) in [6, 6.07) is 0. The topological polar surface area (TPSA) is 38.7 Å². The van der Waals surface area contributed by atoms with Crippen LogP contribution in [0.15, 0.2) is 0 Å². The van der Waals surface area contributed by atoms with E-state index in [4.69, 9.17) is 9.47 Å². The van der Waals surface area contributed by atoms with Crippen molar-refractivity contribution in [3.05, 3.63) is 0 Å². The fourth-order valence-corrected chi connectivity index (χ4v) is 2.70. The van der Waals surface area contributed by atoms with Crippen LogP contribution < -0.4 is 0 Å². The van der Waals surface area contributed by atoms with E-state index in [0.29, 0.717) is 25.2 Å². The molecule has 0 aromatic carbocycles. The molecule has 1 N–H and O–H groups in total. The van der Waals surface area contributed by atoms with Crippen molar-refractivity contribution in [2.45, 2.75) is 40.2 Å². The number of rotatable bonds is 4. The van der Waals surface area contributed by atoms with Gasteiger partial charge in [0.25, 0.3) is 0 Å². The number of hydrogen-bond acceptors (Lipinski definition) is 3. The molecule has 1 rings (SSSR count). The Morgan fingerprint density at radius 1 is 1.31 bits per heavy atom. The molecular weight excluding hydrogens is 204 g/mol. The number of aliphatic hydroxyl groups is 1. The van der Waals surface area contributed by atoms with Gasteiger partial charge in [-0.1, -0.05) is 27.7 Å². The summed E-state index contributed by atoms with van der Waals surface area (Å²) >= 11 is 0. The van der Waals surface area contributed by atoms with Crippen LogP contribution in [-0.2, 0) is 9.47 Å². The summed E-state index contributed by atoms with van der Waals surface area (Å²) in [5, 5.41) is 10.1. The van der Waals surface area contributed by atoms with E-state index in [1.165, 1.54) is 0 Å². The Morgan fingerprint density at radius 3 is 2.50 bits per heavy atom. The zero-order valence-electron chi connectivity index (χ0n) is 11.2. The van der Waals surface area contributed by atoms with Crippen LogP contribution in [0, 0.1) is 23.2 Å². The molecule has 0 aliphatic heterocycles. The second-order valence-electron chi connectivity index (χ2n) is 5.76. The van der Waals surface area contributed by atoms with E-state index in [-0.39, 0.29) is 17.4 Å². The van der Waals surface area contributed by atoms with Gasteiger partial charge < -0.3 is 14.6 Å². The molecule has 0 unspecified atom stereocenters. The molecule has 0 radical (unpaired) electrons. The number of aliphatic hydroxyl groups excluding tert-OH is 1. The van der Waals surface area contributed by atoms with Gasteiger partial charge >= 0.3 is 0 Å². The largest absolute Gasteiger partial charge is 0.393 e. The molecule has 16 heavy (non-hydrogen) atoms. The quantitative estimate of drug-likeness (QED) is 0.595. The van der Waals surface area contributed by atoms with Crippen molar-refractivity contribution in [1.29, 1.82) is 0 Å². The van der Waals surface area contributed by atoms with Crippen molar-refractivity contribution in [2.24, 2.45) is 23.2 Å². The molecule has 0 heterocycles. The molecule has 1 aliphatic carbocycles. The van der Waals surface area contributed by atoms with Crippen LogP contribution in [0.25, 0.3) is 0 Å². The lowest BCUT2D eigenvalue weighted by atomic mass is 9.58. The summed E-state index contributed by atoms with van der Waals surface area (Å²) in [5.74, 6) is 1.24. The minimum atomic E-state index is -0.241. The lowest BCUT2D eigenvalue weighted by Gasteiger charge is -2.49. The third kappa shape index (κ3) is 2.76. The van der Waals surface area contributed by atoms with E-state index >= 15 is 0 Å². The Bertz CT molecular complexity index is 215. The lowest BCUT2D eigenvalue weighted by Crippen LogP contribution is -2.47. The van der Waals surface area contributed by atoms with Gasteiger partial charge in [-0.3, -0.25) is 0 Å². The van der Waals surface area contributed by atoms with Crippen LogP contribution in [-0.4, -0.2) is 31.7 Å². The van der Waals surface area contributed by atoms with E-state index in [1.54, 1.807) is 7.11 Å². The summed E-state index contributed by atoms with van der Waals surface area (Å²) in [5.41, 5.74) is 0.264. The molecule has 4 atom stereocenters. The van der Waals surface area contributed by atoms with Crippen LogP contribution in [0.3, 0.4) is 0 Å². The summed E-state index contributed by atoms with van der Waals surface area (Å²) < 4.78 is 10.3. The Hall–Kier alpha value is -0.120. The maximum atomic E-state index is 10.1. The van der Waals surface area contributed by atoms with E-state index in [9.17, 15) is 5.11 Å². The molecule has 3 heteroatoms. The molecule has 3 nitrogen and oxygen atoms in total. The van der Waals surface area contributed by atoms with Gasteiger partial charge in [0.2, 0.25) is 0 Å². The summed E-state index contributed by atoms with van der Waals surface area (Å²) in [4.78, 5) is 0. The number of methoxy groups -OCH3 is 1. The highest BCUT2D eigenvalue weighted by Crippen LogP contribution is 2.47. The first-order valence-corrected chi connectivity index (χ1v) is 6.16. The Morgan fingerprint density at radius 2 is 1.94 bits per heavy atom. The fourth-order valence-electron chi connectivity index (χ4n) is 2.70. The predicted molar refractivity (Wildman–Crippen MR) is 64.1 cm³/mol. The molecule has 0 aromatic heterocycles. The Labute approximate surface area is 99.1 Å². The van der Waals surface area contributed by atoms with Crippen LogP contribution in [0.1, 0.15) is 34.1 Å². The van der Waals surface area contributed by atoms with Gasteiger partial charge in [0.15, 0.2) is 0 Å².